The van der Waals surface area contributed by atoms with Gasteiger partial charge in [-0.3, -0.25) is 0 Å². The normalized spacial score (nSPS) is 10.5. The Morgan fingerprint density at radius 1 is 1.56 bits per heavy atom. The van der Waals surface area contributed by atoms with Gasteiger partial charge >= 0.3 is 5.97 Å². The van der Waals surface area contributed by atoms with E-state index in [9.17, 15) is 4.79 Å². The van der Waals surface area contributed by atoms with Crippen molar-refractivity contribution in [1.29, 1.82) is 0 Å². The first-order chi connectivity index (χ1) is 8.63. The maximum absolute atomic E-state index is 10.7. The monoisotopic (exact) mass is 247 g/mol. The van der Waals surface area contributed by atoms with Crippen LogP contribution in [0, 0.1) is 0 Å². The minimum atomic E-state index is -1.09. The number of rotatable bonds is 5. The molecule has 0 aliphatic carbocycles. The van der Waals surface area contributed by atoms with E-state index in [1.165, 1.54) is 10.9 Å². The molecule has 0 fully saturated rings. The largest absolute Gasteiger partial charge is 0.476 e. The molecule has 0 radical (unpaired) electrons. The first-order valence-electron chi connectivity index (χ1n) is 5.46. The Hall–Kier alpha value is -2.44. The lowest BCUT2D eigenvalue weighted by Crippen LogP contribution is -2.01. The topological polar surface area (TPSA) is 85.8 Å². The third-order valence-electron chi connectivity index (χ3n) is 2.45. The zero-order valence-electron chi connectivity index (χ0n) is 9.94. The number of aromatic carboxylic acids is 1. The number of aryl methyl sites for hydroxylation is 1. The van der Waals surface area contributed by atoms with Crippen molar-refractivity contribution in [2.24, 2.45) is 0 Å². The molecule has 0 saturated carbocycles. The summed E-state index contributed by atoms with van der Waals surface area (Å²) >= 11 is 0. The van der Waals surface area contributed by atoms with E-state index in [0.29, 0.717) is 6.54 Å². The molecule has 18 heavy (non-hydrogen) atoms. The second-order valence-electron chi connectivity index (χ2n) is 3.70. The van der Waals surface area contributed by atoms with E-state index >= 15 is 0 Å². The maximum atomic E-state index is 10.7. The molecule has 0 aromatic carbocycles. The van der Waals surface area contributed by atoms with Gasteiger partial charge in [0.2, 0.25) is 0 Å². The Morgan fingerprint density at radius 2 is 2.33 bits per heavy atom. The van der Waals surface area contributed by atoms with Gasteiger partial charge in [0.1, 0.15) is 5.82 Å². The molecular weight excluding hydrogens is 234 g/mol. The Labute approximate surface area is 103 Å². The van der Waals surface area contributed by atoms with E-state index < -0.39 is 5.97 Å². The van der Waals surface area contributed by atoms with Crippen molar-refractivity contribution in [3.63, 3.8) is 0 Å². The van der Waals surface area contributed by atoms with E-state index in [2.05, 4.69) is 21.9 Å². The summed E-state index contributed by atoms with van der Waals surface area (Å²) in [5.41, 5.74) is 0.711. The zero-order chi connectivity index (χ0) is 13.1. The Bertz CT molecular complexity index is 584. The molecule has 2 aromatic heterocycles. The minimum Gasteiger partial charge on any atom is -0.476 e. The molecule has 7 nitrogen and oxygen atoms in total. The van der Waals surface area contributed by atoms with Gasteiger partial charge in [-0.2, -0.15) is 0 Å². The molecule has 0 bridgehead atoms. The van der Waals surface area contributed by atoms with Gasteiger partial charge in [0, 0.05) is 18.8 Å². The minimum absolute atomic E-state index is 0.0751. The number of nitrogens with zero attached hydrogens (tertiary/aromatic N) is 5. The van der Waals surface area contributed by atoms with Gasteiger partial charge in [-0.25, -0.2) is 14.5 Å². The number of carbonyl (C=O) groups is 1. The van der Waals surface area contributed by atoms with Crippen LogP contribution in [0.3, 0.4) is 0 Å². The van der Waals surface area contributed by atoms with Crippen LogP contribution in [0.15, 0.2) is 19.0 Å². The molecule has 0 aliphatic rings. The predicted octanol–water partition coefficient (Wildman–Crippen LogP) is 0.884. The summed E-state index contributed by atoms with van der Waals surface area (Å²) in [7, 11) is 0. The summed E-state index contributed by atoms with van der Waals surface area (Å²) in [5, 5.41) is 16.0. The smallest absolute Gasteiger partial charge is 0.358 e. The van der Waals surface area contributed by atoms with Crippen molar-refractivity contribution in [3.8, 4) is 0 Å². The quantitative estimate of drug-likeness (QED) is 0.847. The summed E-state index contributed by atoms with van der Waals surface area (Å²) in [4.78, 5) is 15.1. The molecule has 2 heterocycles. The highest BCUT2D eigenvalue weighted by molar-refractivity contribution is 5.84. The lowest BCUT2D eigenvalue weighted by Gasteiger charge is -1.94. The number of imidazole rings is 1. The lowest BCUT2D eigenvalue weighted by atomic mass is 10.4. The van der Waals surface area contributed by atoms with E-state index in [1.54, 1.807) is 6.20 Å². The lowest BCUT2D eigenvalue weighted by molar-refractivity contribution is 0.0690. The van der Waals surface area contributed by atoms with Crippen LogP contribution in [0.2, 0.25) is 0 Å². The molecule has 2 rings (SSSR count). The van der Waals surface area contributed by atoms with Crippen molar-refractivity contribution < 1.29 is 9.90 Å². The van der Waals surface area contributed by atoms with Crippen molar-refractivity contribution in [2.75, 3.05) is 0 Å². The molecule has 2 aromatic rings. The van der Waals surface area contributed by atoms with Gasteiger partial charge in [0.25, 0.3) is 0 Å². The molecule has 0 saturated heterocycles. The second kappa shape index (κ2) is 4.82. The fourth-order valence-corrected chi connectivity index (χ4v) is 1.62. The Morgan fingerprint density at radius 3 is 2.83 bits per heavy atom. The van der Waals surface area contributed by atoms with Gasteiger partial charge in [0.05, 0.1) is 18.4 Å². The number of carboxylic acid groups (broad SMARTS) is 1. The van der Waals surface area contributed by atoms with Crippen LogP contribution in [0.4, 0.5) is 0 Å². The van der Waals surface area contributed by atoms with E-state index in [0.717, 1.165) is 17.9 Å². The fraction of sp³-hybridized carbons (Fsp3) is 0.273. The summed E-state index contributed by atoms with van der Waals surface area (Å²) in [6, 6.07) is 0. The highest BCUT2D eigenvalue weighted by Gasteiger charge is 2.10. The van der Waals surface area contributed by atoms with Gasteiger partial charge in [-0.05, 0) is 0 Å². The van der Waals surface area contributed by atoms with Crippen molar-refractivity contribution in [1.82, 2.24) is 24.5 Å². The molecule has 0 atom stereocenters. The van der Waals surface area contributed by atoms with Gasteiger partial charge in [-0.1, -0.05) is 18.7 Å². The summed E-state index contributed by atoms with van der Waals surface area (Å²) in [5.74, 6) is -0.189. The molecule has 1 N–H and O–H groups in total. The van der Waals surface area contributed by atoms with Crippen LogP contribution in [0.5, 0.6) is 0 Å². The van der Waals surface area contributed by atoms with E-state index in [1.807, 2.05) is 17.7 Å². The van der Waals surface area contributed by atoms with E-state index in [-0.39, 0.29) is 5.69 Å². The number of aromatic nitrogens is 5. The predicted molar refractivity (Wildman–Crippen MR) is 64.1 cm³/mol. The maximum Gasteiger partial charge on any atom is 0.358 e. The van der Waals surface area contributed by atoms with Gasteiger partial charge < -0.3 is 9.67 Å². The molecule has 94 valence electrons. The Balaban J connectivity index is 2.20. The third kappa shape index (κ3) is 2.29. The van der Waals surface area contributed by atoms with Crippen LogP contribution in [-0.4, -0.2) is 35.6 Å². The molecular formula is C11H13N5O2. The fourth-order valence-electron chi connectivity index (χ4n) is 1.62. The third-order valence-corrected chi connectivity index (χ3v) is 2.45. The van der Waals surface area contributed by atoms with Crippen LogP contribution in [0.1, 0.15) is 28.9 Å². The van der Waals surface area contributed by atoms with Crippen molar-refractivity contribution in [3.05, 3.63) is 36.2 Å². The van der Waals surface area contributed by atoms with Gasteiger partial charge in [-0.15, -0.1) is 5.10 Å². The summed E-state index contributed by atoms with van der Waals surface area (Å²) in [6.07, 6.45) is 5.69. The summed E-state index contributed by atoms with van der Waals surface area (Å²) < 4.78 is 3.28. The SMILES string of the molecule is C=Cn1cc(Cn2cc(C(=O)O)nn2)nc1CC. The highest BCUT2D eigenvalue weighted by atomic mass is 16.4. The zero-order valence-corrected chi connectivity index (χ0v) is 9.94. The van der Waals surface area contributed by atoms with E-state index in [4.69, 9.17) is 5.11 Å². The van der Waals surface area contributed by atoms with Crippen molar-refractivity contribution in [2.45, 2.75) is 19.9 Å². The van der Waals surface area contributed by atoms with Crippen LogP contribution in [0.25, 0.3) is 6.20 Å². The van der Waals surface area contributed by atoms with Crippen LogP contribution < -0.4 is 0 Å². The molecule has 0 aliphatic heterocycles. The standard InChI is InChI=1S/C11H13N5O2/c1-3-10-12-8(5-15(10)4-2)6-16-7-9(11(17)18)13-14-16/h4-5,7H,2-3,6H2,1H3,(H,17,18). The first kappa shape index (κ1) is 12.0. The molecule has 0 amide bonds. The highest BCUT2D eigenvalue weighted by Crippen LogP contribution is 2.06. The van der Waals surface area contributed by atoms with Crippen LogP contribution >= 0.6 is 0 Å². The van der Waals surface area contributed by atoms with Crippen LogP contribution in [-0.2, 0) is 13.0 Å². The molecule has 0 unspecified atom stereocenters. The summed E-state index contributed by atoms with van der Waals surface area (Å²) in [6.45, 7) is 6.08. The number of hydrogen-bond acceptors (Lipinski definition) is 4. The average molecular weight is 247 g/mol. The second-order valence-corrected chi connectivity index (χ2v) is 3.70. The number of carboxylic acids is 1. The van der Waals surface area contributed by atoms with Gasteiger partial charge in [0.15, 0.2) is 5.69 Å². The average Bonchev–Trinajstić information content (AvgIpc) is 2.95. The van der Waals surface area contributed by atoms with Crippen molar-refractivity contribution >= 4 is 12.2 Å². The Kier molecular flexibility index (Phi) is 3.22. The molecule has 7 heteroatoms. The number of hydrogen-bond donors (Lipinski definition) is 1. The molecule has 0 spiro atoms. The first-order valence-corrected chi connectivity index (χ1v) is 5.46.